The molecule has 0 aliphatic rings. The van der Waals surface area contributed by atoms with E-state index in [1.54, 1.807) is 0 Å². The van der Waals surface area contributed by atoms with Crippen LogP contribution in [0.1, 0.15) is 163 Å². The quantitative estimate of drug-likeness (QED) is 0.0492. The van der Waals surface area contributed by atoms with Crippen molar-refractivity contribution in [3.63, 3.8) is 0 Å². The van der Waals surface area contributed by atoms with E-state index in [4.69, 9.17) is 19.3 Å². The first-order chi connectivity index (χ1) is 19.5. The molecule has 0 fully saturated rings. The van der Waals surface area contributed by atoms with Crippen molar-refractivity contribution < 1.29 is 37.9 Å². The van der Waals surface area contributed by atoms with Crippen molar-refractivity contribution in [3.8, 4) is 0 Å². The van der Waals surface area contributed by atoms with E-state index >= 15 is 0 Å². The summed E-state index contributed by atoms with van der Waals surface area (Å²) in [5.41, 5.74) is 0. The van der Waals surface area contributed by atoms with Crippen molar-refractivity contribution in [2.75, 3.05) is 13.2 Å². The lowest BCUT2D eigenvalue weighted by molar-refractivity contribution is -0.161. The molecule has 244 valence electrons. The van der Waals surface area contributed by atoms with E-state index in [2.05, 4.69) is 32.2 Å². The van der Waals surface area contributed by atoms with Crippen LogP contribution in [0.25, 0.3) is 0 Å². The maximum atomic E-state index is 12.3. The molecule has 0 bridgehead atoms. The summed E-state index contributed by atoms with van der Waals surface area (Å²) in [6.45, 7) is 8.24. The molecule has 9 heteroatoms. The summed E-state index contributed by atoms with van der Waals surface area (Å²) < 4.78 is 26.2. The van der Waals surface area contributed by atoms with Crippen LogP contribution in [0.2, 0.25) is 0 Å². The van der Waals surface area contributed by atoms with Gasteiger partial charge < -0.3 is 19.3 Å². The largest absolute Gasteiger partial charge is 0.469 e. The number of phosphoric ester groups is 1. The van der Waals surface area contributed by atoms with Gasteiger partial charge in [0.15, 0.2) is 6.10 Å². The van der Waals surface area contributed by atoms with Crippen LogP contribution in [-0.4, -0.2) is 41.0 Å². The molecule has 0 amide bonds. The van der Waals surface area contributed by atoms with Gasteiger partial charge in [-0.15, -0.1) is 0 Å². The average Bonchev–Trinajstić information content (AvgIpc) is 2.91. The molecular formula is C32H63O8P. The standard InChI is InChI=1S/C32H63O8P/c1-5-29(4)23-19-15-10-8-6-7-9-11-17-21-25-32(34)40-30(27-39-41(35,36)37)26-38-31(33)24-20-16-13-12-14-18-22-28(2)3/h28-30H,5-27H2,1-4H3,(H2,35,36,37)/t29?,30-/m1/s1. The lowest BCUT2D eigenvalue weighted by Gasteiger charge is -2.18. The van der Waals surface area contributed by atoms with Gasteiger partial charge in [0.25, 0.3) is 0 Å². The van der Waals surface area contributed by atoms with Gasteiger partial charge in [0.05, 0.1) is 6.61 Å². The van der Waals surface area contributed by atoms with E-state index in [0.717, 1.165) is 56.8 Å². The Morgan fingerprint density at radius 1 is 0.634 bits per heavy atom. The second kappa shape index (κ2) is 26.7. The van der Waals surface area contributed by atoms with Gasteiger partial charge in [-0.3, -0.25) is 14.1 Å². The molecule has 0 aromatic heterocycles. The van der Waals surface area contributed by atoms with Gasteiger partial charge in [0, 0.05) is 12.8 Å². The van der Waals surface area contributed by atoms with E-state index in [1.807, 2.05) is 0 Å². The molecule has 2 atom stereocenters. The Labute approximate surface area is 251 Å². The number of carbonyl (C=O) groups is 2. The molecule has 0 radical (unpaired) electrons. The highest BCUT2D eigenvalue weighted by Gasteiger charge is 2.22. The Kier molecular flexibility index (Phi) is 26.0. The molecular weight excluding hydrogens is 543 g/mol. The van der Waals surface area contributed by atoms with Crippen molar-refractivity contribution in [3.05, 3.63) is 0 Å². The fourth-order valence-electron chi connectivity index (χ4n) is 4.71. The van der Waals surface area contributed by atoms with Crippen LogP contribution < -0.4 is 0 Å². The van der Waals surface area contributed by atoms with Crippen LogP contribution in [0.5, 0.6) is 0 Å². The summed E-state index contributed by atoms with van der Waals surface area (Å²) >= 11 is 0. The summed E-state index contributed by atoms with van der Waals surface area (Å²) in [5, 5.41) is 0. The predicted octanol–water partition coefficient (Wildman–Crippen LogP) is 9.05. The highest BCUT2D eigenvalue weighted by molar-refractivity contribution is 7.46. The van der Waals surface area contributed by atoms with Crippen LogP contribution in [-0.2, 0) is 28.2 Å². The highest BCUT2D eigenvalue weighted by atomic mass is 31.2. The van der Waals surface area contributed by atoms with E-state index in [9.17, 15) is 14.2 Å². The van der Waals surface area contributed by atoms with Crippen LogP contribution in [0.3, 0.4) is 0 Å². The summed E-state index contributed by atoms with van der Waals surface area (Å²) in [5.74, 6) is 0.703. The van der Waals surface area contributed by atoms with E-state index in [0.29, 0.717) is 6.42 Å². The molecule has 0 aromatic carbocycles. The zero-order chi connectivity index (χ0) is 30.8. The van der Waals surface area contributed by atoms with Crippen LogP contribution in [0.4, 0.5) is 0 Å². The second-order valence-corrected chi connectivity index (χ2v) is 13.5. The minimum absolute atomic E-state index is 0.216. The third kappa shape index (κ3) is 30.3. The molecule has 1 unspecified atom stereocenters. The SMILES string of the molecule is CCC(C)CCCCCCCCCCCCC(=O)O[C@H](COC(=O)CCCCCCCCC(C)C)COP(=O)(O)O. The van der Waals surface area contributed by atoms with Crippen molar-refractivity contribution in [2.24, 2.45) is 11.8 Å². The van der Waals surface area contributed by atoms with Crippen molar-refractivity contribution in [2.45, 2.75) is 169 Å². The number of phosphoric acid groups is 1. The number of carbonyl (C=O) groups excluding carboxylic acids is 2. The Morgan fingerprint density at radius 3 is 1.54 bits per heavy atom. The van der Waals surface area contributed by atoms with Gasteiger partial charge in [-0.05, 0) is 24.7 Å². The topological polar surface area (TPSA) is 119 Å². The molecule has 0 aliphatic heterocycles. The minimum atomic E-state index is -4.74. The minimum Gasteiger partial charge on any atom is -0.462 e. The van der Waals surface area contributed by atoms with Crippen LogP contribution >= 0.6 is 7.82 Å². The number of esters is 2. The first-order valence-electron chi connectivity index (χ1n) is 16.6. The smallest absolute Gasteiger partial charge is 0.462 e. The average molecular weight is 607 g/mol. The molecule has 41 heavy (non-hydrogen) atoms. The van der Waals surface area contributed by atoms with Gasteiger partial charge in [-0.25, -0.2) is 4.57 Å². The van der Waals surface area contributed by atoms with Crippen molar-refractivity contribution in [1.29, 1.82) is 0 Å². The molecule has 0 aliphatic carbocycles. The second-order valence-electron chi connectivity index (χ2n) is 12.2. The first-order valence-corrected chi connectivity index (χ1v) is 18.1. The molecule has 0 rings (SSSR count). The maximum Gasteiger partial charge on any atom is 0.469 e. The first kappa shape index (κ1) is 40.1. The monoisotopic (exact) mass is 606 g/mol. The van der Waals surface area contributed by atoms with E-state index < -0.39 is 32.5 Å². The number of unbranched alkanes of at least 4 members (excludes halogenated alkanes) is 14. The fourth-order valence-corrected chi connectivity index (χ4v) is 5.07. The van der Waals surface area contributed by atoms with Crippen molar-refractivity contribution >= 4 is 19.8 Å². The summed E-state index contributed by atoms with van der Waals surface area (Å²) in [4.78, 5) is 42.4. The third-order valence-corrected chi connectivity index (χ3v) is 8.08. The van der Waals surface area contributed by atoms with E-state index in [1.165, 1.54) is 70.6 Å². The lowest BCUT2D eigenvalue weighted by Crippen LogP contribution is -2.29. The Hall–Kier alpha value is -0.950. The Balaban J connectivity index is 4.01. The molecule has 0 saturated carbocycles. The molecule has 0 aromatic rings. The van der Waals surface area contributed by atoms with Gasteiger partial charge in [0.1, 0.15) is 6.61 Å². The summed E-state index contributed by atoms with van der Waals surface area (Å²) in [6.07, 6.45) is 21.4. The number of hydrogen-bond acceptors (Lipinski definition) is 6. The molecule has 2 N–H and O–H groups in total. The molecule has 0 spiro atoms. The number of rotatable bonds is 29. The molecule has 0 heterocycles. The van der Waals surface area contributed by atoms with Gasteiger partial charge in [0.2, 0.25) is 0 Å². The fraction of sp³-hybridized carbons (Fsp3) is 0.938. The predicted molar refractivity (Wildman–Crippen MR) is 165 cm³/mol. The maximum absolute atomic E-state index is 12.3. The number of ether oxygens (including phenoxy) is 2. The zero-order valence-electron chi connectivity index (χ0n) is 26.8. The van der Waals surface area contributed by atoms with E-state index in [-0.39, 0.29) is 19.4 Å². The van der Waals surface area contributed by atoms with Gasteiger partial charge in [-0.1, -0.05) is 137 Å². The Bertz CT molecular complexity index is 679. The highest BCUT2D eigenvalue weighted by Crippen LogP contribution is 2.36. The zero-order valence-corrected chi connectivity index (χ0v) is 27.7. The summed E-state index contributed by atoms with van der Waals surface area (Å²) in [7, 11) is -4.74. The van der Waals surface area contributed by atoms with Gasteiger partial charge >= 0.3 is 19.8 Å². The molecule has 0 saturated heterocycles. The van der Waals surface area contributed by atoms with Crippen molar-refractivity contribution in [1.82, 2.24) is 0 Å². The third-order valence-electron chi connectivity index (χ3n) is 7.59. The van der Waals surface area contributed by atoms with Gasteiger partial charge in [-0.2, -0.15) is 0 Å². The van der Waals surface area contributed by atoms with Crippen LogP contribution in [0.15, 0.2) is 0 Å². The Morgan fingerprint density at radius 2 is 1.07 bits per heavy atom. The molecule has 8 nitrogen and oxygen atoms in total. The number of hydrogen-bond donors (Lipinski definition) is 2. The summed E-state index contributed by atoms with van der Waals surface area (Å²) in [6, 6.07) is 0. The lowest BCUT2D eigenvalue weighted by atomic mass is 9.99. The van der Waals surface area contributed by atoms with Crippen LogP contribution in [0, 0.1) is 11.8 Å². The normalized spacial score (nSPS) is 13.3.